The first-order chi connectivity index (χ1) is 6.69. The van der Waals surface area contributed by atoms with E-state index in [9.17, 15) is 5.11 Å². The van der Waals surface area contributed by atoms with Gasteiger partial charge in [0, 0.05) is 17.7 Å². The minimum absolute atomic E-state index is 0.158. The Kier molecular flexibility index (Phi) is 3.86. The molecule has 0 saturated carbocycles. The molecule has 14 heavy (non-hydrogen) atoms. The maximum absolute atomic E-state index is 9.62. The molecule has 0 spiro atoms. The van der Waals surface area contributed by atoms with Crippen LogP contribution in [-0.4, -0.2) is 15.1 Å². The topological polar surface area (TPSA) is 46.0 Å². The van der Waals surface area contributed by atoms with Crippen molar-refractivity contribution < 1.29 is 5.11 Å². The fourth-order valence-corrected chi connectivity index (χ4v) is 1.50. The summed E-state index contributed by atoms with van der Waals surface area (Å²) >= 11 is 0. The lowest BCUT2D eigenvalue weighted by molar-refractivity contribution is 0.440. The normalized spacial score (nSPS) is 10.5. The zero-order valence-corrected chi connectivity index (χ0v) is 9.17. The highest BCUT2D eigenvalue weighted by molar-refractivity contribution is 5.29. The lowest BCUT2D eigenvalue weighted by Crippen LogP contribution is -2.01. The number of nitrogens with zero attached hydrogens (tertiary/aromatic N) is 2. The van der Waals surface area contributed by atoms with Crippen LogP contribution >= 0.6 is 0 Å². The van der Waals surface area contributed by atoms with Gasteiger partial charge in [0.15, 0.2) is 0 Å². The fraction of sp³-hybridized carbons (Fsp3) is 0.636. The Labute approximate surface area is 85.2 Å². The second kappa shape index (κ2) is 4.94. The molecule has 0 aliphatic carbocycles. The largest absolute Gasteiger partial charge is 0.493 e. The van der Waals surface area contributed by atoms with Crippen LogP contribution in [0.3, 0.4) is 0 Å². The molecule has 0 aromatic carbocycles. The molecule has 0 radical (unpaired) electrons. The molecule has 1 N–H and O–H groups in total. The van der Waals surface area contributed by atoms with Crippen molar-refractivity contribution in [1.82, 2.24) is 9.97 Å². The summed E-state index contributed by atoms with van der Waals surface area (Å²) < 4.78 is 0. The summed E-state index contributed by atoms with van der Waals surface area (Å²) in [5, 5.41) is 9.62. The van der Waals surface area contributed by atoms with Gasteiger partial charge in [-0.25, -0.2) is 4.98 Å². The summed E-state index contributed by atoms with van der Waals surface area (Å²) in [5.74, 6) is 0.921. The van der Waals surface area contributed by atoms with E-state index in [0.29, 0.717) is 0 Å². The molecule has 3 heteroatoms. The van der Waals surface area contributed by atoms with E-state index in [0.717, 1.165) is 42.8 Å². The molecule has 1 aromatic rings. The van der Waals surface area contributed by atoms with E-state index in [2.05, 4.69) is 16.9 Å². The average molecular weight is 194 g/mol. The Hall–Kier alpha value is -1.12. The summed E-state index contributed by atoms with van der Waals surface area (Å²) in [4.78, 5) is 8.46. The summed E-state index contributed by atoms with van der Waals surface area (Å²) in [6.07, 6.45) is 3.84. The van der Waals surface area contributed by atoms with Crippen molar-refractivity contribution in [2.75, 3.05) is 0 Å². The maximum Gasteiger partial charge on any atom is 0.217 e. The fourth-order valence-electron chi connectivity index (χ4n) is 1.50. The highest BCUT2D eigenvalue weighted by Crippen LogP contribution is 2.18. The van der Waals surface area contributed by atoms with Gasteiger partial charge in [-0.3, -0.25) is 0 Å². The average Bonchev–Trinajstić information content (AvgIpc) is 2.14. The number of aryl methyl sites for hydroxylation is 2. The van der Waals surface area contributed by atoms with Crippen LogP contribution in [0.2, 0.25) is 0 Å². The van der Waals surface area contributed by atoms with E-state index in [1.165, 1.54) is 0 Å². The smallest absolute Gasteiger partial charge is 0.217 e. The SMILES string of the molecule is CCCCc1nc(C)c(CC)c(O)n1. The highest BCUT2D eigenvalue weighted by Gasteiger charge is 2.08. The minimum atomic E-state index is 0.158. The van der Waals surface area contributed by atoms with Gasteiger partial charge in [0.05, 0.1) is 0 Å². The summed E-state index contributed by atoms with van der Waals surface area (Å²) in [6, 6.07) is 0. The monoisotopic (exact) mass is 194 g/mol. The predicted octanol–water partition coefficient (Wildman–Crippen LogP) is 2.40. The lowest BCUT2D eigenvalue weighted by atomic mass is 10.1. The molecule has 0 aliphatic rings. The van der Waals surface area contributed by atoms with Crippen LogP contribution in [0, 0.1) is 6.92 Å². The standard InChI is InChI=1S/C11H18N2O/c1-4-6-7-10-12-8(3)9(5-2)11(14)13-10/h4-7H2,1-3H3,(H,12,13,14). The molecule has 0 amide bonds. The van der Waals surface area contributed by atoms with Crippen LogP contribution in [0.25, 0.3) is 0 Å². The molecule has 0 atom stereocenters. The van der Waals surface area contributed by atoms with Crippen molar-refractivity contribution in [3.63, 3.8) is 0 Å². The van der Waals surface area contributed by atoms with Crippen LogP contribution < -0.4 is 0 Å². The molecular weight excluding hydrogens is 176 g/mol. The van der Waals surface area contributed by atoms with Gasteiger partial charge < -0.3 is 5.11 Å². The van der Waals surface area contributed by atoms with Gasteiger partial charge in [-0.2, -0.15) is 4.98 Å². The van der Waals surface area contributed by atoms with Crippen molar-refractivity contribution in [3.8, 4) is 5.88 Å². The predicted molar refractivity (Wildman–Crippen MR) is 56.4 cm³/mol. The number of unbranched alkanes of at least 4 members (excludes halogenated alkanes) is 1. The zero-order valence-electron chi connectivity index (χ0n) is 9.17. The van der Waals surface area contributed by atoms with E-state index in [4.69, 9.17) is 0 Å². The highest BCUT2D eigenvalue weighted by atomic mass is 16.3. The van der Waals surface area contributed by atoms with Crippen molar-refractivity contribution in [2.45, 2.75) is 46.5 Å². The number of aromatic hydroxyl groups is 1. The van der Waals surface area contributed by atoms with Gasteiger partial charge in [0.1, 0.15) is 5.82 Å². The molecule has 1 heterocycles. The van der Waals surface area contributed by atoms with Crippen LogP contribution in [0.4, 0.5) is 0 Å². The van der Waals surface area contributed by atoms with E-state index < -0.39 is 0 Å². The van der Waals surface area contributed by atoms with E-state index in [1.54, 1.807) is 0 Å². The number of aromatic nitrogens is 2. The van der Waals surface area contributed by atoms with Gasteiger partial charge in [0.25, 0.3) is 0 Å². The van der Waals surface area contributed by atoms with Gasteiger partial charge >= 0.3 is 0 Å². The van der Waals surface area contributed by atoms with Crippen molar-refractivity contribution in [3.05, 3.63) is 17.1 Å². The third kappa shape index (κ3) is 2.44. The van der Waals surface area contributed by atoms with E-state index >= 15 is 0 Å². The Morgan fingerprint density at radius 3 is 2.43 bits per heavy atom. The van der Waals surface area contributed by atoms with Crippen LogP contribution in [-0.2, 0) is 12.8 Å². The van der Waals surface area contributed by atoms with Gasteiger partial charge in [-0.05, 0) is 19.8 Å². The molecule has 78 valence electrons. The van der Waals surface area contributed by atoms with Gasteiger partial charge in [0.2, 0.25) is 5.88 Å². The van der Waals surface area contributed by atoms with Crippen molar-refractivity contribution in [1.29, 1.82) is 0 Å². The third-order valence-corrected chi connectivity index (χ3v) is 2.35. The van der Waals surface area contributed by atoms with Gasteiger partial charge in [-0.1, -0.05) is 20.3 Å². The van der Waals surface area contributed by atoms with Crippen LogP contribution in [0.1, 0.15) is 43.8 Å². The summed E-state index contributed by atoms with van der Waals surface area (Å²) in [5.41, 5.74) is 1.77. The lowest BCUT2D eigenvalue weighted by Gasteiger charge is -2.06. The maximum atomic E-state index is 9.62. The molecule has 0 fully saturated rings. The first-order valence-electron chi connectivity index (χ1n) is 5.24. The molecule has 0 aliphatic heterocycles. The van der Waals surface area contributed by atoms with Crippen molar-refractivity contribution >= 4 is 0 Å². The molecule has 3 nitrogen and oxygen atoms in total. The van der Waals surface area contributed by atoms with Crippen molar-refractivity contribution in [2.24, 2.45) is 0 Å². The van der Waals surface area contributed by atoms with E-state index in [-0.39, 0.29) is 5.88 Å². The molecule has 0 bridgehead atoms. The number of hydrogen-bond acceptors (Lipinski definition) is 3. The Morgan fingerprint density at radius 2 is 1.93 bits per heavy atom. The third-order valence-electron chi connectivity index (χ3n) is 2.35. The second-order valence-electron chi connectivity index (χ2n) is 3.48. The molecule has 1 aromatic heterocycles. The number of rotatable bonds is 4. The van der Waals surface area contributed by atoms with Crippen LogP contribution in [0.15, 0.2) is 0 Å². The molecule has 1 rings (SSSR count). The first-order valence-corrected chi connectivity index (χ1v) is 5.24. The summed E-state index contributed by atoms with van der Waals surface area (Å²) in [7, 11) is 0. The molecular formula is C11H18N2O. The first kappa shape index (κ1) is 11.0. The van der Waals surface area contributed by atoms with Gasteiger partial charge in [-0.15, -0.1) is 0 Å². The van der Waals surface area contributed by atoms with Crippen LogP contribution in [0.5, 0.6) is 5.88 Å². The molecule has 0 saturated heterocycles. The Balaban J connectivity index is 2.90. The second-order valence-corrected chi connectivity index (χ2v) is 3.48. The molecule has 0 unspecified atom stereocenters. The minimum Gasteiger partial charge on any atom is -0.493 e. The Bertz CT molecular complexity index is 287. The zero-order chi connectivity index (χ0) is 10.6. The number of hydrogen-bond donors (Lipinski definition) is 1. The summed E-state index contributed by atoms with van der Waals surface area (Å²) in [6.45, 7) is 6.06. The quantitative estimate of drug-likeness (QED) is 0.800. The Morgan fingerprint density at radius 1 is 1.21 bits per heavy atom. The van der Waals surface area contributed by atoms with E-state index in [1.807, 2.05) is 13.8 Å².